The van der Waals surface area contributed by atoms with E-state index in [9.17, 15) is 4.79 Å². The van der Waals surface area contributed by atoms with Crippen molar-refractivity contribution in [1.82, 2.24) is 0 Å². The molecule has 1 aromatic rings. The van der Waals surface area contributed by atoms with Crippen LogP contribution in [-0.2, 0) is 34.7 Å². The molecule has 0 radical (unpaired) electrons. The van der Waals surface area contributed by atoms with Crippen LogP contribution in [0.15, 0.2) is 23.8 Å². The van der Waals surface area contributed by atoms with Crippen molar-refractivity contribution in [2.45, 2.75) is 39.7 Å². The van der Waals surface area contributed by atoms with Crippen LogP contribution in [0.1, 0.15) is 37.5 Å². The van der Waals surface area contributed by atoms with Crippen LogP contribution in [0.25, 0.3) is 11.4 Å². The maximum absolute atomic E-state index is 11.7. The molecule has 0 heterocycles. The molecular formula is C15H18Cl2NOTi-. The first-order valence-electron chi connectivity index (χ1n) is 6.45. The van der Waals surface area contributed by atoms with E-state index in [-0.39, 0.29) is 11.9 Å². The third-order valence-electron chi connectivity index (χ3n) is 2.89. The molecule has 5 heteroatoms. The predicted molar refractivity (Wildman–Crippen MR) is 82.7 cm³/mol. The number of nitrogens with zero attached hydrogens (tertiary/aromatic N) is 1. The summed E-state index contributed by atoms with van der Waals surface area (Å²) in [4.78, 5) is 11.7. The Morgan fingerprint density at radius 1 is 1.40 bits per heavy atom. The summed E-state index contributed by atoms with van der Waals surface area (Å²) >= 11 is -0.556. The SMILES string of the molecule is CC1=Cc2c(CC(=O)[N-]C(C)C)cccc2C1.[Cl][Ti][Cl]. The number of halogens is 2. The van der Waals surface area contributed by atoms with Crippen molar-refractivity contribution in [1.29, 1.82) is 0 Å². The van der Waals surface area contributed by atoms with Gasteiger partial charge in [-0.3, -0.25) is 0 Å². The summed E-state index contributed by atoms with van der Waals surface area (Å²) < 4.78 is 0. The molecule has 20 heavy (non-hydrogen) atoms. The monoisotopic (exact) mass is 346 g/mol. The van der Waals surface area contributed by atoms with Gasteiger partial charge >= 0.3 is 35.6 Å². The standard InChI is InChI=1S/C15H19NO.2ClH.Ti/c1-10(2)16-15(17)9-13-6-4-5-12-7-11(3)8-14(12)13;;;/h4-6,8,10H,7,9H2,1-3H3,(H,16,17);2*1H;/q;;;+2/p-3. The van der Waals surface area contributed by atoms with Crippen molar-refractivity contribution in [3.63, 3.8) is 0 Å². The topological polar surface area (TPSA) is 31.2 Å². The third kappa shape index (κ3) is 5.61. The van der Waals surface area contributed by atoms with Crippen molar-refractivity contribution < 1.29 is 21.8 Å². The van der Waals surface area contributed by atoms with E-state index in [1.165, 1.54) is 16.7 Å². The molecule has 0 bridgehead atoms. The number of hydrogen-bond acceptors (Lipinski definition) is 1. The van der Waals surface area contributed by atoms with E-state index in [4.69, 9.17) is 18.6 Å². The molecule has 0 atom stereocenters. The van der Waals surface area contributed by atoms with Crippen molar-refractivity contribution in [3.05, 3.63) is 45.8 Å². The second-order valence-corrected chi connectivity index (χ2v) is 7.60. The van der Waals surface area contributed by atoms with E-state index >= 15 is 0 Å². The molecule has 0 unspecified atom stereocenters. The Balaban J connectivity index is 0.000000612. The first-order chi connectivity index (χ1) is 9.47. The molecular weight excluding hydrogens is 329 g/mol. The van der Waals surface area contributed by atoms with Crippen LogP contribution in [-0.4, -0.2) is 11.9 Å². The fourth-order valence-corrected chi connectivity index (χ4v) is 2.25. The molecule has 0 aliphatic heterocycles. The molecule has 0 saturated carbocycles. The molecule has 0 N–H and O–H groups in total. The summed E-state index contributed by atoms with van der Waals surface area (Å²) in [5.41, 5.74) is 5.03. The van der Waals surface area contributed by atoms with Crippen LogP contribution in [0.2, 0.25) is 0 Å². The second-order valence-electron chi connectivity index (χ2n) is 5.02. The Morgan fingerprint density at radius 3 is 2.65 bits per heavy atom. The first kappa shape index (κ1) is 17.8. The maximum atomic E-state index is 11.7. The number of amides is 1. The Bertz CT molecular complexity index is 501. The minimum atomic E-state index is -0.556. The quantitative estimate of drug-likeness (QED) is 0.718. The van der Waals surface area contributed by atoms with Gasteiger partial charge in [0.15, 0.2) is 0 Å². The summed E-state index contributed by atoms with van der Waals surface area (Å²) in [5, 5.41) is 4.06. The van der Waals surface area contributed by atoms with Gasteiger partial charge in [0.2, 0.25) is 0 Å². The van der Waals surface area contributed by atoms with Gasteiger partial charge in [0, 0.05) is 6.42 Å². The van der Waals surface area contributed by atoms with Gasteiger partial charge in [0.1, 0.15) is 0 Å². The van der Waals surface area contributed by atoms with Gasteiger partial charge in [-0.2, -0.15) is 0 Å². The van der Waals surface area contributed by atoms with Gasteiger partial charge < -0.3 is 10.1 Å². The molecule has 1 aliphatic carbocycles. The summed E-state index contributed by atoms with van der Waals surface area (Å²) in [6.45, 7) is 5.98. The molecule has 108 valence electrons. The summed E-state index contributed by atoms with van der Waals surface area (Å²) in [6, 6.07) is 6.28. The number of fused-ring (bicyclic) bond motifs is 1. The molecule has 1 aliphatic rings. The minimum absolute atomic E-state index is 0.0219. The molecule has 1 amide bonds. The van der Waals surface area contributed by atoms with E-state index in [0.29, 0.717) is 6.42 Å². The zero-order chi connectivity index (χ0) is 15.1. The van der Waals surface area contributed by atoms with Crippen molar-refractivity contribution >= 4 is 30.6 Å². The van der Waals surface area contributed by atoms with Crippen LogP contribution in [0.5, 0.6) is 0 Å². The number of carbonyl (C=O) groups excluding carboxylic acids is 1. The Morgan fingerprint density at radius 2 is 2.05 bits per heavy atom. The van der Waals surface area contributed by atoms with Crippen molar-refractivity contribution in [3.8, 4) is 0 Å². The molecule has 0 saturated heterocycles. The van der Waals surface area contributed by atoms with Crippen LogP contribution in [0, 0.1) is 0 Å². The van der Waals surface area contributed by atoms with Gasteiger partial charge in [-0.05, 0) is 30.0 Å². The third-order valence-corrected chi connectivity index (χ3v) is 2.89. The van der Waals surface area contributed by atoms with E-state index in [1.807, 2.05) is 26.0 Å². The van der Waals surface area contributed by atoms with E-state index in [1.54, 1.807) is 0 Å². The van der Waals surface area contributed by atoms with Gasteiger partial charge in [-0.15, -0.1) is 6.04 Å². The predicted octanol–water partition coefficient (Wildman–Crippen LogP) is 4.87. The Hall–Kier alpha value is -0.276. The van der Waals surface area contributed by atoms with Crippen molar-refractivity contribution in [2.75, 3.05) is 0 Å². The van der Waals surface area contributed by atoms with Crippen LogP contribution in [0.3, 0.4) is 0 Å². The Kier molecular flexibility index (Phi) is 7.90. The second kappa shape index (κ2) is 8.89. The Labute approximate surface area is 137 Å². The normalized spacial score (nSPS) is 12.2. The number of benzene rings is 1. The fraction of sp³-hybridized carbons (Fsp3) is 0.400. The molecule has 0 spiro atoms. The van der Waals surface area contributed by atoms with Crippen LogP contribution < -0.4 is 0 Å². The van der Waals surface area contributed by atoms with Gasteiger partial charge in [-0.1, -0.05) is 43.7 Å². The zero-order valence-electron chi connectivity index (χ0n) is 11.9. The fourth-order valence-electron chi connectivity index (χ4n) is 2.25. The van der Waals surface area contributed by atoms with Crippen LogP contribution >= 0.6 is 18.6 Å². The van der Waals surface area contributed by atoms with E-state index < -0.39 is 17.0 Å². The summed E-state index contributed by atoms with van der Waals surface area (Å²) in [7, 11) is 9.78. The molecule has 1 aromatic carbocycles. The number of allylic oxidation sites excluding steroid dienone is 1. The average Bonchev–Trinajstić information content (AvgIpc) is 2.70. The number of rotatable bonds is 3. The number of carbonyl (C=O) groups is 1. The zero-order valence-corrected chi connectivity index (χ0v) is 15.0. The summed E-state index contributed by atoms with van der Waals surface area (Å²) in [5.74, 6) is -0.0219. The van der Waals surface area contributed by atoms with Gasteiger partial charge in [0.05, 0.1) is 5.91 Å². The number of hydrogen-bond donors (Lipinski definition) is 0. The molecule has 2 nitrogen and oxygen atoms in total. The average molecular weight is 347 g/mol. The molecule has 0 fully saturated rings. The van der Waals surface area contributed by atoms with Crippen LogP contribution in [0.4, 0.5) is 0 Å². The molecule has 2 rings (SSSR count). The summed E-state index contributed by atoms with van der Waals surface area (Å²) in [6.07, 6.45) is 3.62. The van der Waals surface area contributed by atoms with Gasteiger partial charge in [-0.25, -0.2) is 0 Å². The molecule has 0 aromatic heterocycles. The van der Waals surface area contributed by atoms with Crippen molar-refractivity contribution in [2.24, 2.45) is 0 Å². The van der Waals surface area contributed by atoms with E-state index in [0.717, 1.165) is 12.0 Å². The first-order valence-corrected chi connectivity index (χ1v) is 10.8. The van der Waals surface area contributed by atoms with E-state index in [2.05, 4.69) is 24.4 Å². The van der Waals surface area contributed by atoms with Gasteiger partial charge in [0.25, 0.3) is 0 Å².